The van der Waals surface area contributed by atoms with Crippen LogP contribution in [0.1, 0.15) is 23.7 Å². The minimum absolute atomic E-state index is 0.203. The van der Waals surface area contributed by atoms with Crippen LogP contribution >= 0.6 is 0 Å². The summed E-state index contributed by atoms with van der Waals surface area (Å²) in [4.78, 5) is 2.97. The van der Waals surface area contributed by atoms with Gasteiger partial charge in [0.15, 0.2) is 0 Å². The second-order valence-corrected chi connectivity index (χ2v) is 2.49. The molecule has 0 amide bonds. The smallest absolute Gasteiger partial charge is 0.0810 e. The fraction of sp³-hybridized carbons (Fsp3) is 0.429. The van der Waals surface area contributed by atoms with Crippen LogP contribution in [0.2, 0.25) is 0 Å². The topological polar surface area (TPSA) is 36.0 Å². The molecule has 1 aliphatic rings. The molecule has 2 heteroatoms. The van der Waals surface area contributed by atoms with Gasteiger partial charge in [-0.2, -0.15) is 0 Å². The monoisotopic (exact) mass is 123 g/mol. The zero-order valence-electron chi connectivity index (χ0n) is 5.09. The first kappa shape index (κ1) is 5.06. The van der Waals surface area contributed by atoms with Gasteiger partial charge in [0.25, 0.3) is 0 Å². The van der Waals surface area contributed by atoms with E-state index in [0.29, 0.717) is 0 Å². The van der Waals surface area contributed by atoms with Crippen LogP contribution in [0, 0.1) is 0 Å². The third-order valence-electron chi connectivity index (χ3n) is 1.91. The third-order valence-corrected chi connectivity index (χ3v) is 1.91. The number of hydrogen-bond acceptors (Lipinski definition) is 1. The average molecular weight is 123 g/mol. The molecule has 0 saturated heterocycles. The van der Waals surface area contributed by atoms with Gasteiger partial charge in [-0.05, 0) is 18.4 Å². The molecule has 0 bridgehead atoms. The Labute approximate surface area is 53.5 Å². The first-order chi connectivity index (χ1) is 4.38. The van der Waals surface area contributed by atoms with E-state index in [-0.39, 0.29) is 6.10 Å². The van der Waals surface area contributed by atoms with E-state index < -0.39 is 0 Å². The number of rotatable bonds is 0. The van der Waals surface area contributed by atoms with Crippen LogP contribution in [0.5, 0.6) is 0 Å². The van der Waals surface area contributed by atoms with Crippen LogP contribution in [-0.2, 0) is 6.42 Å². The number of fused-ring (bicyclic) bond motifs is 1. The summed E-state index contributed by atoms with van der Waals surface area (Å²) in [7, 11) is 0. The van der Waals surface area contributed by atoms with Gasteiger partial charge in [0.1, 0.15) is 0 Å². The van der Waals surface area contributed by atoms with E-state index in [4.69, 9.17) is 0 Å². The highest BCUT2D eigenvalue weighted by atomic mass is 16.3. The van der Waals surface area contributed by atoms with E-state index in [2.05, 4.69) is 4.98 Å². The molecule has 9 heavy (non-hydrogen) atoms. The lowest BCUT2D eigenvalue weighted by molar-refractivity contribution is 0.180. The van der Waals surface area contributed by atoms with Gasteiger partial charge in [0.2, 0.25) is 0 Å². The Balaban J connectivity index is 2.49. The largest absolute Gasteiger partial charge is 0.388 e. The molecule has 0 fully saturated rings. The molecule has 0 aliphatic heterocycles. The van der Waals surface area contributed by atoms with Gasteiger partial charge in [-0.1, -0.05) is 0 Å². The van der Waals surface area contributed by atoms with Crippen LogP contribution in [-0.4, -0.2) is 10.1 Å². The van der Waals surface area contributed by atoms with Gasteiger partial charge in [0.05, 0.1) is 6.10 Å². The van der Waals surface area contributed by atoms with Gasteiger partial charge in [-0.3, -0.25) is 0 Å². The Morgan fingerprint density at radius 2 is 2.44 bits per heavy atom. The second kappa shape index (κ2) is 1.61. The van der Waals surface area contributed by atoms with Crippen molar-refractivity contribution in [3.8, 4) is 0 Å². The number of aliphatic hydroxyl groups excluding tert-OH is 1. The number of aromatic amines is 1. The quantitative estimate of drug-likeness (QED) is 0.530. The first-order valence-electron chi connectivity index (χ1n) is 3.21. The lowest BCUT2D eigenvalue weighted by Gasteiger charge is -1.95. The standard InChI is InChI=1S/C7H9NO/c9-7-2-1-5-3-8-4-6(5)7/h3-4,7-9H,1-2H2/t7-/m1/s1. The van der Waals surface area contributed by atoms with Crippen molar-refractivity contribution in [2.45, 2.75) is 18.9 Å². The average Bonchev–Trinajstić information content (AvgIpc) is 2.35. The van der Waals surface area contributed by atoms with Gasteiger partial charge >= 0.3 is 0 Å². The van der Waals surface area contributed by atoms with Crippen molar-refractivity contribution < 1.29 is 5.11 Å². The Hall–Kier alpha value is -0.760. The van der Waals surface area contributed by atoms with E-state index in [1.54, 1.807) is 0 Å². The van der Waals surface area contributed by atoms with Crippen molar-refractivity contribution in [3.05, 3.63) is 23.5 Å². The summed E-state index contributed by atoms with van der Waals surface area (Å²) in [6.07, 6.45) is 5.57. The van der Waals surface area contributed by atoms with E-state index in [1.807, 2.05) is 12.4 Å². The van der Waals surface area contributed by atoms with E-state index >= 15 is 0 Å². The van der Waals surface area contributed by atoms with Gasteiger partial charge in [-0.25, -0.2) is 0 Å². The highest BCUT2D eigenvalue weighted by Gasteiger charge is 2.19. The van der Waals surface area contributed by atoms with Crippen molar-refractivity contribution >= 4 is 0 Å². The molecule has 0 unspecified atom stereocenters. The number of nitrogens with one attached hydrogen (secondary N) is 1. The van der Waals surface area contributed by atoms with Crippen molar-refractivity contribution in [3.63, 3.8) is 0 Å². The number of H-pyrrole nitrogens is 1. The van der Waals surface area contributed by atoms with Crippen LogP contribution in [0.4, 0.5) is 0 Å². The molecule has 1 heterocycles. The molecule has 2 rings (SSSR count). The molecule has 0 radical (unpaired) electrons. The first-order valence-corrected chi connectivity index (χ1v) is 3.21. The number of aromatic nitrogens is 1. The fourth-order valence-corrected chi connectivity index (χ4v) is 1.38. The molecule has 0 aromatic carbocycles. The summed E-state index contributed by atoms with van der Waals surface area (Å²) in [5, 5.41) is 9.25. The Bertz CT molecular complexity index is 216. The number of aliphatic hydroxyl groups is 1. The molecule has 1 aromatic heterocycles. The Morgan fingerprint density at radius 1 is 1.56 bits per heavy atom. The summed E-state index contributed by atoms with van der Waals surface area (Å²) in [5.74, 6) is 0. The Morgan fingerprint density at radius 3 is 3.22 bits per heavy atom. The molecular formula is C7H9NO. The molecule has 2 N–H and O–H groups in total. The maximum Gasteiger partial charge on any atom is 0.0810 e. The third kappa shape index (κ3) is 0.598. The molecule has 1 aromatic rings. The van der Waals surface area contributed by atoms with Crippen molar-refractivity contribution in [1.29, 1.82) is 0 Å². The number of hydrogen-bond donors (Lipinski definition) is 2. The van der Waals surface area contributed by atoms with E-state index in [9.17, 15) is 5.11 Å². The maximum atomic E-state index is 9.25. The molecule has 48 valence electrons. The molecule has 2 nitrogen and oxygen atoms in total. The van der Waals surface area contributed by atoms with Crippen molar-refractivity contribution in [2.24, 2.45) is 0 Å². The van der Waals surface area contributed by atoms with E-state index in [0.717, 1.165) is 18.4 Å². The zero-order chi connectivity index (χ0) is 6.27. The predicted octanol–water partition coefficient (Wildman–Crippen LogP) is 0.994. The zero-order valence-corrected chi connectivity index (χ0v) is 5.09. The Kier molecular flexibility index (Phi) is 0.904. The minimum atomic E-state index is -0.203. The second-order valence-electron chi connectivity index (χ2n) is 2.49. The van der Waals surface area contributed by atoms with Gasteiger partial charge in [0, 0.05) is 18.0 Å². The summed E-state index contributed by atoms with van der Waals surface area (Å²) >= 11 is 0. The highest BCUT2D eigenvalue weighted by Crippen LogP contribution is 2.29. The van der Waals surface area contributed by atoms with Gasteiger partial charge < -0.3 is 10.1 Å². The SMILES string of the molecule is O[C@@H]1CCc2c[nH]cc21. The fourth-order valence-electron chi connectivity index (χ4n) is 1.38. The summed E-state index contributed by atoms with van der Waals surface area (Å²) < 4.78 is 0. The van der Waals surface area contributed by atoms with Crippen LogP contribution < -0.4 is 0 Å². The summed E-state index contributed by atoms with van der Waals surface area (Å²) in [6, 6.07) is 0. The molecule has 0 saturated carbocycles. The van der Waals surface area contributed by atoms with Crippen LogP contribution in [0.3, 0.4) is 0 Å². The summed E-state index contributed by atoms with van der Waals surface area (Å²) in [6.45, 7) is 0. The number of aryl methyl sites for hydroxylation is 1. The predicted molar refractivity (Wildman–Crippen MR) is 34.1 cm³/mol. The molecular weight excluding hydrogens is 114 g/mol. The normalized spacial score (nSPS) is 24.3. The lowest BCUT2D eigenvalue weighted by Crippen LogP contribution is -1.86. The highest BCUT2D eigenvalue weighted by molar-refractivity contribution is 5.29. The van der Waals surface area contributed by atoms with Gasteiger partial charge in [-0.15, -0.1) is 0 Å². The molecule has 1 atom stereocenters. The lowest BCUT2D eigenvalue weighted by atomic mass is 10.2. The molecule has 0 spiro atoms. The summed E-state index contributed by atoms with van der Waals surface area (Å²) in [5.41, 5.74) is 2.37. The molecule has 1 aliphatic carbocycles. The van der Waals surface area contributed by atoms with Crippen LogP contribution in [0.15, 0.2) is 12.4 Å². The van der Waals surface area contributed by atoms with Crippen molar-refractivity contribution in [1.82, 2.24) is 4.98 Å². The van der Waals surface area contributed by atoms with E-state index in [1.165, 1.54) is 5.56 Å². The van der Waals surface area contributed by atoms with Crippen molar-refractivity contribution in [2.75, 3.05) is 0 Å². The maximum absolute atomic E-state index is 9.25. The van der Waals surface area contributed by atoms with Crippen LogP contribution in [0.25, 0.3) is 0 Å². The minimum Gasteiger partial charge on any atom is -0.388 e.